The molecule has 18 heavy (non-hydrogen) atoms. The molecular formula is C15H20O3. The van der Waals surface area contributed by atoms with Gasteiger partial charge >= 0.3 is 0 Å². The number of para-hydroxylation sites is 1. The van der Waals surface area contributed by atoms with Crippen LogP contribution in [0.3, 0.4) is 0 Å². The molecular weight excluding hydrogens is 228 g/mol. The SMILES string of the molecule is COc1ccccc1C(=O)C1C(C)OC(C)C1C. The molecule has 98 valence electrons. The standard InChI is InChI=1S/C15H20O3/c1-9-10(2)18-11(3)14(9)15(16)12-7-5-6-8-13(12)17-4/h5-11,14H,1-4H3. The van der Waals surface area contributed by atoms with Crippen molar-refractivity contribution in [1.29, 1.82) is 0 Å². The number of hydrogen-bond acceptors (Lipinski definition) is 3. The molecule has 1 saturated heterocycles. The number of benzene rings is 1. The van der Waals surface area contributed by atoms with Gasteiger partial charge in [0.25, 0.3) is 0 Å². The topological polar surface area (TPSA) is 35.5 Å². The van der Waals surface area contributed by atoms with Gasteiger partial charge in [-0.25, -0.2) is 0 Å². The van der Waals surface area contributed by atoms with Gasteiger partial charge in [-0.15, -0.1) is 0 Å². The molecule has 3 nitrogen and oxygen atoms in total. The van der Waals surface area contributed by atoms with E-state index in [0.717, 1.165) is 0 Å². The van der Waals surface area contributed by atoms with Crippen LogP contribution in [-0.2, 0) is 4.74 Å². The zero-order chi connectivity index (χ0) is 13.3. The molecule has 4 atom stereocenters. The Morgan fingerprint density at radius 3 is 2.39 bits per heavy atom. The summed E-state index contributed by atoms with van der Waals surface area (Å²) in [6, 6.07) is 7.38. The summed E-state index contributed by atoms with van der Waals surface area (Å²) < 4.78 is 11.0. The van der Waals surface area contributed by atoms with Crippen molar-refractivity contribution < 1.29 is 14.3 Å². The summed E-state index contributed by atoms with van der Waals surface area (Å²) in [7, 11) is 1.59. The fraction of sp³-hybridized carbons (Fsp3) is 0.533. The molecule has 0 aliphatic carbocycles. The van der Waals surface area contributed by atoms with Crippen molar-refractivity contribution in [3.63, 3.8) is 0 Å². The van der Waals surface area contributed by atoms with Crippen LogP contribution in [0.5, 0.6) is 5.75 Å². The van der Waals surface area contributed by atoms with Crippen LogP contribution in [0, 0.1) is 11.8 Å². The van der Waals surface area contributed by atoms with Crippen LogP contribution in [-0.4, -0.2) is 25.1 Å². The second kappa shape index (κ2) is 5.11. The number of Topliss-reactive ketones (excluding diaryl/α,β-unsaturated/α-hetero) is 1. The second-order valence-electron chi connectivity index (χ2n) is 5.00. The monoisotopic (exact) mass is 248 g/mol. The van der Waals surface area contributed by atoms with Gasteiger partial charge < -0.3 is 9.47 Å². The molecule has 0 spiro atoms. The van der Waals surface area contributed by atoms with Crippen molar-refractivity contribution in [2.24, 2.45) is 11.8 Å². The van der Waals surface area contributed by atoms with Crippen LogP contribution in [0.1, 0.15) is 31.1 Å². The Labute approximate surface area is 108 Å². The smallest absolute Gasteiger partial charge is 0.172 e. The van der Waals surface area contributed by atoms with Crippen LogP contribution in [0.25, 0.3) is 0 Å². The minimum Gasteiger partial charge on any atom is -0.496 e. The quantitative estimate of drug-likeness (QED) is 0.771. The van der Waals surface area contributed by atoms with Crippen molar-refractivity contribution in [2.45, 2.75) is 33.0 Å². The molecule has 1 heterocycles. The lowest BCUT2D eigenvalue weighted by atomic mass is 9.83. The Balaban J connectivity index is 2.31. The summed E-state index contributed by atoms with van der Waals surface area (Å²) in [4.78, 5) is 12.6. The summed E-state index contributed by atoms with van der Waals surface area (Å²) >= 11 is 0. The molecule has 0 saturated carbocycles. The Morgan fingerprint density at radius 2 is 1.83 bits per heavy atom. The van der Waals surface area contributed by atoms with E-state index in [-0.39, 0.29) is 29.8 Å². The fourth-order valence-corrected chi connectivity index (χ4v) is 2.75. The van der Waals surface area contributed by atoms with E-state index in [4.69, 9.17) is 9.47 Å². The maximum atomic E-state index is 12.6. The van der Waals surface area contributed by atoms with Crippen molar-refractivity contribution in [3.05, 3.63) is 29.8 Å². The van der Waals surface area contributed by atoms with E-state index in [1.54, 1.807) is 7.11 Å². The van der Waals surface area contributed by atoms with Crippen molar-refractivity contribution in [1.82, 2.24) is 0 Å². The van der Waals surface area contributed by atoms with Gasteiger partial charge in [0.15, 0.2) is 5.78 Å². The van der Waals surface area contributed by atoms with Gasteiger partial charge in [-0.2, -0.15) is 0 Å². The predicted octanol–water partition coefficient (Wildman–Crippen LogP) is 2.94. The summed E-state index contributed by atoms with van der Waals surface area (Å²) in [5.41, 5.74) is 0.654. The Bertz CT molecular complexity index is 441. The second-order valence-corrected chi connectivity index (χ2v) is 5.00. The molecule has 3 heteroatoms. The zero-order valence-corrected chi connectivity index (χ0v) is 11.3. The lowest BCUT2D eigenvalue weighted by Crippen LogP contribution is -2.27. The van der Waals surface area contributed by atoms with Crippen molar-refractivity contribution in [3.8, 4) is 5.75 Å². The van der Waals surface area contributed by atoms with Gasteiger partial charge in [-0.3, -0.25) is 4.79 Å². The summed E-state index contributed by atoms with van der Waals surface area (Å²) in [5, 5.41) is 0. The highest BCUT2D eigenvalue weighted by atomic mass is 16.5. The van der Waals surface area contributed by atoms with Gasteiger partial charge in [0, 0.05) is 0 Å². The third kappa shape index (κ3) is 2.15. The van der Waals surface area contributed by atoms with Gasteiger partial charge in [-0.05, 0) is 31.9 Å². The molecule has 1 aliphatic heterocycles. The predicted molar refractivity (Wildman–Crippen MR) is 70.0 cm³/mol. The molecule has 0 aromatic heterocycles. The van der Waals surface area contributed by atoms with E-state index in [9.17, 15) is 4.79 Å². The van der Waals surface area contributed by atoms with E-state index in [0.29, 0.717) is 11.3 Å². The van der Waals surface area contributed by atoms with Crippen LogP contribution in [0.4, 0.5) is 0 Å². The van der Waals surface area contributed by atoms with Crippen LogP contribution >= 0.6 is 0 Å². The van der Waals surface area contributed by atoms with E-state index in [1.807, 2.05) is 38.1 Å². The average Bonchev–Trinajstić information content (AvgIpc) is 2.62. The maximum Gasteiger partial charge on any atom is 0.172 e. The largest absolute Gasteiger partial charge is 0.496 e. The summed E-state index contributed by atoms with van der Waals surface area (Å²) in [5.74, 6) is 0.909. The number of carbonyl (C=O) groups excluding carboxylic acids is 1. The average molecular weight is 248 g/mol. The Kier molecular flexibility index (Phi) is 3.71. The lowest BCUT2D eigenvalue weighted by Gasteiger charge is -2.18. The van der Waals surface area contributed by atoms with Gasteiger partial charge in [0.2, 0.25) is 0 Å². The number of ether oxygens (including phenoxy) is 2. The highest BCUT2D eigenvalue weighted by molar-refractivity contribution is 6.01. The molecule has 0 bridgehead atoms. The number of rotatable bonds is 3. The first-order valence-electron chi connectivity index (χ1n) is 6.39. The number of methoxy groups -OCH3 is 1. The first kappa shape index (κ1) is 13.1. The minimum atomic E-state index is -0.0868. The number of hydrogen-bond donors (Lipinski definition) is 0. The zero-order valence-electron chi connectivity index (χ0n) is 11.3. The van der Waals surface area contributed by atoms with Gasteiger partial charge in [0.05, 0.1) is 30.8 Å². The first-order valence-corrected chi connectivity index (χ1v) is 6.39. The van der Waals surface area contributed by atoms with Crippen LogP contribution in [0.2, 0.25) is 0 Å². The first-order chi connectivity index (χ1) is 8.56. The van der Waals surface area contributed by atoms with E-state index in [2.05, 4.69) is 6.92 Å². The van der Waals surface area contributed by atoms with Crippen LogP contribution < -0.4 is 4.74 Å². The molecule has 0 radical (unpaired) electrons. The maximum absolute atomic E-state index is 12.6. The van der Waals surface area contributed by atoms with Crippen molar-refractivity contribution >= 4 is 5.78 Å². The van der Waals surface area contributed by atoms with Gasteiger partial charge in [-0.1, -0.05) is 19.1 Å². The number of ketones is 1. The molecule has 1 aromatic rings. The Hall–Kier alpha value is -1.35. The molecule has 1 aliphatic rings. The normalized spacial score (nSPS) is 31.3. The van der Waals surface area contributed by atoms with E-state index < -0.39 is 0 Å². The summed E-state index contributed by atoms with van der Waals surface area (Å²) in [6.07, 6.45) is 0.0936. The Morgan fingerprint density at radius 1 is 1.17 bits per heavy atom. The van der Waals surface area contributed by atoms with Gasteiger partial charge in [0.1, 0.15) is 5.75 Å². The highest BCUT2D eigenvalue weighted by Crippen LogP contribution is 2.36. The van der Waals surface area contributed by atoms with E-state index >= 15 is 0 Å². The van der Waals surface area contributed by atoms with Crippen LogP contribution in [0.15, 0.2) is 24.3 Å². The van der Waals surface area contributed by atoms with E-state index in [1.165, 1.54) is 0 Å². The lowest BCUT2D eigenvalue weighted by molar-refractivity contribution is 0.0490. The molecule has 4 unspecified atom stereocenters. The fourth-order valence-electron chi connectivity index (χ4n) is 2.75. The van der Waals surface area contributed by atoms with Crippen molar-refractivity contribution in [2.75, 3.05) is 7.11 Å². The highest BCUT2D eigenvalue weighted by Gasteiger charge is 2.42. The molecule has 0 N–H and O–H groups in total. The third-order valence-electron chi connectivity index (χ3n) is 3.92. The minimum absolute atomic E-state index is 0.0348. The molecule has 2 rings (SSSR count). The molecule has 1 fully saturated rings. The molecule has 0 amide bonds. The number of carbonyl (C=O) groups is 1. The molecule has 1 aromatic carbocycles. The third-order valence-corrected chi connectivity index (χ3v) is 3.92. The summed E-state index contributed by atoms with van der Waals surface area (Å²) in [6.45, 7) is 6.07.